The topological polar surface area (TPSA) is 57.7 Å². The Kier molecular flexibility index (Phi) is 8.29. The first-order valence-corrected chi connectivity index (χ1v) is 13.5. The van der Waals surface area contributed by atoms with Crippen LogP contribution in [0.1, 0.15) is 24.0 Å². The normalized spacial score (nSPS) is 15.5. The molecule has 198 valence electrons. The highest BCUT2D eigenvalue weighted by molar-refractivity contribution is 8.20. The maximum absolute atomic E-state index is 12.5. The summed E-state index contributed by atoms with van der Waals surface area (Å²) in [4.78, 5) is 21.9. The van der Waals surface area contributed by atoms with E-state index >= 15 is 0 Å². The van der Waals surface area contributed by atoms with E-state index in [2.05, 4.69) is 42.2 Å². The molecule has 0 unspecified atom stereocenters. The Morgan fingerprint density at radius 1 is 1.14 bits per heavy atom. The Labute approximate surface area is 217 Å². The van der Waals surface area contributed by atoms with Crippen LogP contribution < -0.4 is 15.0 Å². The van der Waals surface area contributed by atoms with Gasteiger partial charge in [-0.2, -0.15) is 0 Å². The fourth-order valence-electron chi connectivity index (χ4n) is 4.39. The van der Waals surface area contributed by atoms with Crippen LogP contribution in [-0.4, -0.2) is 55.0 Å². The van der Waals surface area contributed by atoms with Crippen LogP contribution in [-0.2, 0) is 4.79 Å². The molecule has 1 aliphatic rings. The van der Waals surface area contributed by atoms with Crippen LogP contribution in [0.25, 0.3) is 17.0 Å². The van der Waals surface area contributed by atoms with E-state index in [1.165, 1.54) is 18.2 Å². The van der Waals surface area contributed by atoms with E-state index in [4.69, 9.17) is 9.72 Å². The first-order valence-electron chi connectivity index (χ1n) is 12.0. The van der Waals surface area contributed by atoms with Gasteiger partial charge < -0.3 is 19.9 Å². The zero-order valence-corrected chi connectivity index (χ0v) is 21.9. The number of ether oxygens (including phenoxy) is 1. The maximum atomic E-state index is 12.5. The first kappa shape index (κ1) is 26.8. The van der Waals surface area contributed by atoms with Gasteiger partial charge in [-0.3, -0.25) is 4.79 Å². The van der Waals surface area contributed by atoms with Gasteiger partial charge in [-0.25, -0.2) is 4.98 Å². The summed E-state index contributed by atoms with van der Waals surface area (Å²) < 4.78 is 41.8. The number of benzene rings is 2. The summed E-state index contributed by atoms with van der Waals surface area (Å²) in [6.07, 6.45) is 5.20. The highest BCUT2D eigenvalue weighted by atomic mass is 32.3. The van der Waals surface area contributed by atoms with Crippen LogP contribution in [0.15, 0.2) is 54.6 Å². The molecule has 0 saturated carbocycles. The molecule has 0 atom stereocenters. The zero-order chi connectivity index (χ0) is 26.6. The Morgan fingerprint density at radius 2 is 1.84 bits per heavy atom. The number of aryl methyl sites for hydroxylation is 1. The molecule has 2 aromatic carbocycles. The number of piperidine rings is 1. The predicted octanol–water partition coefficient (Wildman–Crippen LogP) is 6.52. The lowest BCUT2D eigenvalue weighted by Gasteiger charge is -2.36. The molecule has 2 heterocycles. The molecule has 1 fully saturated rings. The molecule has 0 aliphatic carbocycles. The molecule has 1 saturated heterocycles. The summed E-state index contributed by atoms with van der Waals surface area (Å²) in [5.74, 6) is -0.459. The second-order valence-corrected chi connectivity index (χ2v) is 10.6. The number of nitrogens with one attached hydrogen (secondary N) is 1. The van der Waals surface area contributed by atoms with Crippen molar-refractivity contribution in [2.45, 2.75) is 25.8 Å². The summed E-state index contributed by atoms with van der Waals surface area (Å²) in [5.41, 5.74) is 3.30. The molecule has 1 aliphatic heterocycles. The fraction of sp³-hybridized carbons (Fsp3) is 0.333. The molecular formula is C27H31F3N4O2S. The van der Waals surface area contributed by atoms with Gasteiger partial charge in [-0.15, -0.1) is 11.7 Å². The lowest BCUT2D eigenvalue weighted by Crippen LogP contribution is -2.42. The van der Waals surface area contributed by atoms with Crippen molar-refractivity contribution in [1.82, 2.24) is 9.88 Å². The number of amides is 1. The van der Waals surface area contributed by atoms with Gasteiger partial charge in [0.15, 0.2) is 5.94 Å². The van der Waals surface area contributed by atoms with Gasteiger partial charge in [0.25, 0.3) is 0 Å². The Bertz CT molecular complexity index is 1270. The van der Waals surface area contributed by atoms with Gasteiger partial charge in [-0.1, -0.05) is 12.1 Å². The third kappa shape index (κ3) is 7.39. The zero-order valence-electron chi connectivity index (χ0n) is 21.1. The van der Waals surface area contributed by atoms with Crippen LogP contribution in [0.4, 0.5) is 23.2 Å². The molecule has 0 radical (unpaired) electrons. The molecule has 1 aromatic heterocycles. The first-order chi connectivity index (χ1) is 17.6. The average Bonchev–Trinajstić information content (AvgIpc) is 2.86. The number of nitrogens with zero attached hydrogens (tertiary/aromatic N) is 3. The van der Waals surface area contributed by atoms with Gasteiger partial charge in [-0.05, 0) is 87.5 Å². The largest absolute Gasteiger partial charge is 0.477 e. The molecule has 0 bridgehead atoms. The van der Waals surface area contributed by atoms with Crippen molar-refractivity contribution in [3.05, 3.63) is 65.7 Å². The van der Waals surface area contributed by atoms with Crippen LogP contribution in [0, 0.1) is 6.92 Å². The number of hydrogen-bond acceptors (Lipinski definition) is 5. The lowest BCUT2D eigenvalue weighted by molar-refractivity contribution is -0.111. The quantitative estimate of drug-likeness (QED) is 0.335. The molecule has 1 N–H and O–H groups in total. The highest BCUT2D eigenvalue weighted by Gasteiger charge is 2.22. The van der Waals surface area contributed by atoms with E-state index in [1.54, 1.807) is 18.2 Å². The minimum absolute atomic E-state index is 0.132. The lowest BCUT2D eigenvalue weighted by atomic mass is 10.0. The maximum Gasteiger partial charge on any atom is 0.248 e. The van der Waals surface area contributed by atoms with Crippen LogP contribution in [0.5, 0.6) is 5.75 Å². The number of halogens is 3. The number of fused-ring (bicyclic) bond motifs is 1. The van der Waals surface area contributed by atoms with Gasteiger partial charge in [0, 0.05) is 36.3 Å². The van der Waals surface area contributed by atoms with E-state index in [1.807, 2.05) is 18.2 Å². The van der Waals surface area contributed by atoms with Gasteiger partial charge in [0.1, 0.15) is 11.6 Å². The molecule has 4 rings (SSSR count). The number of hydrogen-bond donors (Lipinski definition) is 1. The fourth-order valence-corrected chi connectivity index (χ4v) is 4.66. The van der Waals surface area contributed by atoms with Gasteiger partial charge >= 0.3 is 0 Å². The van der Waals surface area contributed by atoms with Crippen molar-refractivity contribution >= 4 is 45.6 Å². The summed E-state index contributed by atoms with van der Waals surface area (Å²) in [6, 6.07) is 14.5. The van der Waals surface area contributed by atoms with Gasteiger partial charge in [0.2, 0.25) is 17.1 Å². The number of pyridine rings is 1. The number of aromatic nitrogens is 1. The van der Waals surface area contributed by atoms with Crippen molar-refractivity contribution in [3.8, 4) is 5.75 Å². The smallest absolute Gasteiger partial charge is 0.248 e. The predicted molar refractivity (Wildman–Crippen MR) is 146 cm³/mol. The Hall–Kier alpha value is -3.24. The Balaban J connectivity index is 1.38. The van der Waals surface area contributed by atoms with Crippen LogP contribution in [0.2, 0.25) is 0 Å². The molecule has 37 heavy (non-hydrogen) atoms. The molecule has 3 aromatic rings. The van der Waals surface area contributed by atoms with E-state index in [0.29, 0.717) is 17.3 Å². The molecule has 1 amide bonds. The molecular weight excluding hydrogens is 501 g/mol. The summed E-state index contributed by atoms with van der Waals surface area (Å²) in [5, 5.41) is 3.83. The molecule has 0 spiro atoms. The number of carbonyl (C=O) groups excluding carboxylic acids is 1. The van der Waals surface area contributed by atoms with Crippen LogP contribution >= 0.6 is 11.2 Å². The van der Waals surface area contributed by atoms with Gasteiger partial charge in [0.05, 0.1) is 5.52 Å². The van der Waals surface area contributed by atoms with Crippen LogP contribution in [0.3, 0.4) is 0 Å². The molecule has 6 nitrogen and oxygen atoms in total. The SMILES string of the molecule is Cc1cc(N2CCC(N(C)C)CC2)nc2ccc(NC(=O)/C=C/c3ccc(OCS(F)(F)F)cc3)cc12. The van der Waals surface area contributed by atoms with Crippen molar-refractivity contribution in [3.63, 3.8) is 0 Å². The van der Waals surface area contributed by atoms with E-state index in [0.717, 1.165) is 48.2 Å². The summed E-state index contributed by atoms with van der Waals surface area (Å²) in [7, 11) is 4.26. The number of anilines is 2. The monoisotopic (exact) mass is 532 g/mol. The summed E-state index contributed by atoms with van der Waals surface area (Å²) >= 11 is -5.21. The van der Waals surface area contributed by atoms with E-state index in [-0.39, 0.29) is 11.7 Å². The van der Waals surface area contributed by atoms with E-state index in [9.17, 15) is 16.5 Å². The second kappa shape index (κ2) is 11.4. The van der Waals surface area contributed by atoms with Crippen molar-refractivity contribution in [2.75, 3.05) is 43.3 Å². The minimum Gasteiger partial charge on any atom is -0.477 e. The Morgan fingerprint density at radius 3 is 2.49 bits per heavy atom. The average molecular weight is 533 g/mol. The third-order valence-corrected chi connectivity index (χ3v) is 6.84. The number of carbonyl (C=O) groups is 1. The van der Waals surface area contributed by atoms with Crippen molar-refractivity contribution < 1.29 is 21.2 Å². The summed E-state index contributed by atoms with van der Waals surface area (Å²) in [6.45, 7) is 4.01. The number of rotatable bonds is 8. The highest BCUT2D eigenvalue weighted by Crippen LogP contribution is 2.52. The standard InChI is InChI=1S/C27H31F3N4O2S/c1-19-16-26(34-14-12-22(13-15-34)33(2)3)32-25-10-7-21(17-24(19)25)31-27(35)11-6-20-4-8-23(9-5-20)36-18-37(28,29)30/h4-11,16-17,22H,12-15,18H2,1-3H3,(H,31,35)/b11-6+. The minimum atomic E-state index is -5.21. The van der Waals surface area contributed by atoms with E-state index < -0.39 is 17.1 Å². The van der Waals surface area contributed by atoms with Crippen molar-refractivity contribution in [2.24, 2.45) is 0 Å². The molecule has 10 heteroatoms. The second-order valence-electron chi connectivity index (χ2n) is 9.37. The third-order valence-electron chi connectivity index (χ3n) is 6.45. The van der Waals surface area contributed by atoms with Crippen molar-refractivity contribution in [1.29, 1.82) is 0 Å².